The van der Waals surface area contributed by atoms with Crippen molar-refractivity contribution in [3.8, 4) is 0 Å². The van der Waals surface area contributed by atoms with Crippen LogP contribution in [0.15, 0.2) is 24.3 Å². The Bertz CT molecular complexity index is 537. The van der Waals surface area contributed by atoms with Gasteiger partial charge < -0.3 is 10.6 Å². The molecule has 2 aliphatic rings. The SMILES string of the molecule is CC1CCN(C(=O)C2CC2c2cccc(Cl)c2)C(CN)C1.Cl. The Morgan fingerprint density at radius 1 is 1.41 bits per heavy atom. The zero-order chi connectivity index (χ0) is 15.0. The molecule has 0 spiro atoms. The standard InChI is InChI=1S/C17H23ClN2O.ClH/c1-11-5-6-20(14(7-11)10-19)17(21)16-9-15(16)12-3-2-4-13(18)8-12;/h2-4,8,11,14-16H,5-7,9-10,19H2,1H3;1H. The summed E-state index contributed by atoms with van der Waals surface area (Å²) in [4.78, 5) is 14.8. The summed E-state index contributed by atoms with van der Waals surface area (Å²) in [6.07, 6.45) is 3.08. The fourth-order valence-electron chi connectivity index (χ4n) is 3.55. The molecule has 1 aromatic carbocycles. The molecule has 1 heterocycles. The summed E-state index contributed by atoms with van der Waals surface area (Å²) in [7, 11) is 0. The summed E-state index contributed by atoms with van der Waals surface area (Å²) >= 11 is 6.04. The van der Waals surface area contributed by atoms with Crippen molar-refractivity contribution in [2.45, 2.75) is 38.1 Å². The largest absolute Gasteiger partial charge is 0.338 e. The fourth-order valence-corrected chi connectivity index (χ4v) is 3.75. The van der Waals surface area contributed by atoms with Gasteiger partial charge in [-0.1, -0.05) is 30.7 Å². The normalized spacial score (nSPS) is 30.6. The van der Waals surface area contributed by atoms with Crippen molar-refractivity contribution in [3.05, 3.63) is 34.9 Å². The monoisotopic (exact) mass is 342 g/mol. The van der Waals surface area contributed by atoms with E-state index in [9.17, 15) is 4.79 Å². The van der Waals surface area contributed by atoms with Gasteiger partial charge in [0, 0.05) is 30.1 Å². The zero-order valence-corrected chi connectivity index (χ0v) is 14.4. The van der Waals surface area contributed by atoms with Gasteiger partial charge in [0.15, 0.2) is 0 Å². The molecule has 1 saturated carbocycles. The lowest BCUT2D eigenvalue weighted by atomic mass is 9.92. The maximum atomic E-state index is 12.7. The molecule has 0 aromatic heterocycles. The Morgan fingerprint density at radius 3 is 2.86 bits per heavy atom. The Morgan fingerprint density at radius 2 is 2.18 bits per heavy atom. The van der Waals surface area contributed by atoms with Gasteiger partial charge in [-0.05, 0) is 48.8 Å². The van der Waals surface area contributed by atoms with Crippen LogP contribution in [-0.4, -0.2) is 29.9 Å². The summed E-state index contributed by atoms with van der Waals surface area (Å²) in [6, 6.07) is 8.12. The number of nitrogens with two attached hydrogens (primary N) is 1. The molecule has 3 rings (SSSR count). The predicted molar refractivity (Wildman–Crippen MR) is 92.5 cm³/mol. The molecule has 1 amide bonds. The second kappa shape index (κ2) is 7.20. The summed E-state index contributed by atoms with van der Waals surface area (Å²) in [5.41, 5.74) is 7.06. The van der Waals surface area contributed by atoms with Crippen LogP contribution < -0.4 is 5.73 Å². The van der Waals surface area contributed by atoms with Crippen molar-refractivity contribution in [1.82, 2.24) is 4.90 Å². The average Bonchev–Trinajstić information content (AvgIpc) is 3.27. The molecule has 5 heteroatoms. The van der Waals surface area contributed by atoms with E-state index in [1.54, 1.807) is 0 Å². The van der Waals surface area contributed by atoms with Crippen LogP contribution >= 0.6 is 24.0 Å². The van der Waals surface area contributed by atoms with E-state index in [4.69, 9.17) is 17.3 Å². The lowest BCUT2D eigenvalue weighted by Gasteiger charge is -2.38. The zero-order valence-electron chi connectivity index (χ0n) is 12.9. The van der Waals surface area contributed by atoms with E-state index >= 15 is 0 Å². The van der Waals surface area contributed by atoms with Crippen LogP contribution in [0.3, 0.4) is 0 Å². The number of benzene rings is 1. The van der Waals surface area contributed by atoms with Crippen molar-refractivity contribution >= 4 is 29.9 Å². The molecule has 0 bridgehead atoms. The number of rotatable bonds is 3. The molecule has 1 saturated heterocycles. The van der Waals surface area contributed by atoms with E-state index in [2.05, 4.69) is 13.0 Å². The maximum Gasteiger partial charge on any atom is 0.226 e. The van der Waals surface area contributed by atoms with E-state index in [1.807, 2.05) is 23.1 Å². The van der Waals surface area contributed by atoms with Crippen LogP contribution in [0.25, 0.3) is 0 Å². The summed E-state index contributed by atoms with van der Waals surface area (Å²) in [6.45, 7) is 3.68. The molecule has 0 radical (unpaired) electrons. The summed E-state index contributed by atoms with van der Waals surface area (Å²) < 4.78 is 0. The highest BCUT2D eigenvalue weighted by atomic mass is 35.5. The first-order valence-electron chi connectivity index (χ1n) is 7.86. The van der Waals surface area contributed by atoms with Crippen molar-refractivity contribution in [2.24, 2.45) is 17.6 Å². The van der Waals surface area contributed by atoms with Crippen LogP contribution in [0.5, 0.6) is 0 Å². The number of piperidine rings is 1. The van der Waals surface area contributed by atoms with Crippen LogP contribution in [0.4, 0.5) is 0 Å². The van der Waals surface area contributed by atoms with Gasteiger partial charge in [0.05, 0.1) is 0 Å². The van der Waals surface area contributed by atoms with Gasteiger partial charge in [-0.15, -0.1) is 12.4 Å². The molecule has 4 atom stereocenters. The molecule has 2 N–H and O–H groups in total. The predicted octanol–water partition coefficient (Wildman–Crippen LogP) is 3.45. The molecule has 1 aliphatic carbocycles. The maximum absolute atomic E-state index is 12.7. The number of hydrogen-bond acceptors (Lipinski definition) is 2. The Balaban J connectivity index is 0.00000176. The van der Waals surface area contributed by atoms with Gasteiger partial charge in [-0.25, -0.2) is 0 Å². The topological polar surface area (TPSA) is 46.3 Å². The highest BCUT2D eigenvalue weighted by molar-refractivity contribution is 6.30. The van der Waals surface area contributed by atoms with Crippen molar-refractivity contribution in [1.29, 1.82) is 0 Å². The average molecular weight is 343 g/mol. The minimum absolute atomic E-state index is 0. The number of amides is 1. The summed E-state index contributed by atoms with van der Waals surface area (Å²) in [5.74, 6) is 1.44. The van der Waals surface area contributed by atoms with Crippen LogP contribution in [0.1, 0.15) is 37.7 Å². The quantitative estimate of drug-likeness (QED) is 0.914. The fraction of sp³-hybridized carbons (Fsp3) is 0.588. The smallest absolute Gasteiger partial charge is 0.226 e. The van der Waals surface area contributed by atoms with Crippen LogP contribution in [0.2, 0.25) is 5.02 Å². The Hall–Kier alpha value is -0.770. The third-order valence-corrected chi connectivity index (χ3v) is 5.15. The number of hydrogen-bond donors (Lipinski definition) is 1. The lowest BCUT2D eigenvalue weighted by molar-refractivity contribution is -0.136. The second-order valence-corrected chi connectivity index (χ2v) is 6.99. The first kappa shape index (κ1) is 17.6. The third kappa shape index (κ3) is 3.58. The van der Waals surface area contributed by atoms with E-state index in [-0.39, 0.29) is 24.4 Å². The number of likely N-dealkylation sites (tertiary alicyclic amines) is 1. The minimum Gasteiger partial charge on any atom is -0.338 e. The van der Waals surface area contributed by atoms with Gasteiger partial charge in [0.25, 0.3) is 0 Å². The molecular weight excluding hydrogens is 319 g/mol. The lowest BCUT2D eigenvalue weighted by Crippen LogP contribution is -2.49. The minimum atomic E-state index is 0. The Kier molecular flexibility index (Phi) is 5.76. The first-order chi connectivity index (χ1) is 10.1. The number of nitrogens with zero attached hydrogens (tertiary/aromatic N) is 1. The molecule has 3 nitrogen and oxygen atoms in total. The van der Waals surface area contributed by atoms with Gasteiger partial charge in [-0.3, -0.25) is 4.79 Å². The molecule has 4 unspecified atom stereocenters. The van der Waals surface area contributed by atoms with Crippen molar-refractivity contribution in [3.63, 3.8) is 0 Å². The molecule has 1 aromatic rings. The highest BCUT2D eigenvalue weighted by Gasteiger charge is 2.47. The van der Waals surface area contributed by atoms with E-state index in [0.29, 0.717) is 24.3 Å². The first-order valence-corrected chi connectivity index (χ1v) is 8.24. The highest BCUT2D eigenvalue weighted by Crippen LogP contribution is 2.49. The van der Waals surface area contributed by atoms with E-state index < -0.39 is 0 Å². The molecule has 22 heavy (non-hydrogen) atoms. The molecule has 1 aliphatic heterocycles. The van der Waals surface area contributed by atoms with Gasteiger partial charge in [-0.2, -0.15) is 0 Å². The van der Waals surface area contributed by atoms with Crippen molar-refractivity contribution in [2.75, 3.05) is 13.1 Å². The van der Waals surface area contributed by atoms with Gasteiger partial charge in [0.2, 0.25) is 5.91 Å². The van der Waals surface area contributed by atoms with Crippen molar-refractivity contribution < 1.29 is 4.79 Å². The van der Waals surface area contributed by atoms with E-state index in [0.717, 1.165) is 30.8 Å². The third-order valence-electron chi connectivity index (χ3n) is 4.92. The molecule has 2 fully saturated rings. The van der Waals surface area contributed by atoms with Crippen LogP contribution in [0, 0.1) is 11.8 Å². The van der Waals surface area contributed by atoms with Gasteiger partial charge >= 0.3 is 0 Å². The molecular formula is C17H24Cl2N2O. The van der Waals surface area contributed by atoms with E-state index in [1.165, 1.54) is 5.56 Å². The number of carbonyl (C=O) groups is 1. The number of carbonyl (C=O) groups excluding carboxylic acids is 1. The van der Waals surface area contributed by atoms with Crippen LogP contribution in [-0.2, 0) is 4.79 Å². The Labute approximate surface area is 143 Å². The molecule has 122 valence electrons. The second-order valence-electron chi connectivity index (χ2n) is 6.55. The van der Waals surface area contributed by atoms with Gasteiger partial charge in [0.1, 0.15) is 0 Å². The summed E-state index contributed by atoms with van der Waals surface area (Å²) in [5, 5.41) is 0.747. The number of halogens is 2.